The molecule has 3 rings (SSSR count). The molecule has 5 nitrogen and oxygen atoms in total. The van der Waals surface area contributed by atoms with Gasteiger partial charge in [0.1, 0.15) is 11.5 Å². The average molecular weight is 338 g/mol. The number of ether oxygens (including phenoxy) is 1. The maximum Gasteiger partial charge on any atom is 0.124 e. The molecule has 2 aromatic heterocycles. The highest BCUT2D eigenvalue weighted by Crippen LogP contribution is 2.22. The Labute approximate surface area is 147 Å². The van der Waals surface area contributed by atoms with Crippen LogP contribution in [0.3, 0.4) is 0 Å². The Balaban J connectivity index is 1.79. The molecule has 0 aliphatic heterocycles. The van der Waals surface area contributed by atoms with Gasteiger partial charge in [-0.1, -0.05) is 12.1 Å². The Morgan fingerprint density at radius 1 is 1.08 bits per heavy atom. The van der Waals surface area contributed by atoms with Crippen molar-refractivity contribution in [2.75, 3.05) is 7.11 Å². The molecule has 0 amide bonds. The maximum absolute atomic E-state index is 9.53. The zero-order chi connectivity index (χ0) is 17.5. The molecule has 0 aliphatic carbocycles. The predicted octanol–water partition coefficient (Wildman–Crippen LogP) is 3.38. The highest BCUT2D eigenvalue weighted by Gasteiger charge is 2.12. The first-order valence-electron chi connectivity index (χ1n) is 8.19. The van der Waals surface area contributed by atoms with Gasteiger partial charge >= 0.3 is 0 Å². The molecular formula is C20H22N2O3. The van der Waals surface area contributed by atoms with Crippen LogP contribution in [0.25, 0.3) is 0 Å². The monoisotopic (exact) mass is 338 g/mol. The second-order valence-electron chi connectivity index (χ2n) is 5.89. The molecule has 0 spiro atoms. The molecule has 3 aromatic rings. The molecule has 0 radical (unpaired) electrons. The third-order valence-corrected chi connectivity index (χ3v) is 4.01. The van der Waals surface area contributed by atoms with Gasteiger partial charge in [0, 0.05) is 31.0 Å². The van der Waals surface area contributed by atoms with E-state index in [-0.39, 0.29) is 6.61 Å². The molecule has 0 unspecified atom stereocenters. The lowest BCUT2D eigenvalue weighted by Crippen LogP contribution is -2.22. The number of aromatic nitrogens is 1. The lowest BCUT2D eigenvalue weighted by molar-refractivity contribution is 0.226. The third kappa shape index (κ3) is 4.68. The third-order valence-electron chi connectivity index (χ3n) is 4.01. The normalized spacial score (nSPS) is 11.0. The fraction of sp³-hybridized carbons (Fsp3) is 0.250. The summed E-state index contributed by atoms with van der Waals surface area (Å²) in [5.41, 5.74) is 3.05. The van der Waals surface area contributed by atoms with Crippen molar-refractivity contribution in [2.45, 2.75) is 26.2 Å². The Morgan fingerprint density at radius 2 is 1.96 bits per heavy atom. The molecule has 130 valence electrons. The number of rotatable bonds is 8. The van der Waals surface area contributed by atoms with Crippen LogP contribution in [-0.4, -0.2) is 22.1 Å². The summed E-state index contributed by atoms with van der Waals surface area (Å²) in [6.07, 6.45) is 5.34. The van der Waals surface area contributed by atoms with E-state index in [1.54, 1.807) is 19.6 Å². The van der Waals surface area contributed by atoms with Crippen LogP contribution in [0.5, 0.6) is 5.75 Å². The van der Waals surface area contributed by atoms with Crippen LogP contribution >= 0.6 is 0 Å². The van der Waals surface area contributed by atoms with Crippen LogP contribution in [0.2, 0.25) is 0 Å². The van der Waals surface area contributed by atoms with Crippen molar-refractivity contribution in [1.29, 1.82) is 0 Å². The van der Waals surface area contributed by atoms with Gasteiger partial charge in [0.15, 0.2) is 0 Å². The Kier molecular flexibility index (Phi) is 5.82. The van der Waals surface area contributed by atoms with Gasteiger partial charge in [0.05, 0.1) is 26.5 Å². The minimum absolute atomic E-state index is 0.0438. The summed E-state index contributed by atoms with van der Waals surface area (Å²) in [5, 5.41) is 9.53. The van der Waals surface area contributed by atoms with Crippen molar-refractivity contribution in [3.8, 4) is 5.75 Å². The van der Waals surface area contributed by atoms with Crippen LogP contribution in [0.15, 0.2) is 65.5 Å². The van der Waals surface area contributed by atoms with Crippen LogP contribution in [0, 0.1) is 0 Å². The second-order valence-corrected chi connectivity index (χ2v) is 5.89. The number of benzene rings is 1. The van der Waals surface area contributed by atoms with Gasteiger partial charge < -0.3 is 14.3 Å². The molecule has 0 saturated carbocycles. The van der Waals surface area contributed by atoms with Crippen molar-refractivity contribution in [3.05, 3.63) is 83.6 Å². The van der Waals surface area contributed by atoms with Crippen molar-refractivity contribution in [2.24, 2.45) is 0 Å². The van der Waals surface area contributed by atoms with Gasteiger partial charge in [-0.15, -0.1) is 0 Å². The average Bonchev–Trinajstić information content (AvgIpc) is 3.15. The molecule has 0 aliphatic rings. The number of methoxy groups -OCH3 is 1. The van der Waals surface area contributed by atoms with E-state index in [1.165, 1.54) is 0 Å². The lowest BCUT2D eigenvalue weighted by atomic mass is 10.1. The minimum atomic E-state index is -0.0438. The number of hydrogen-bond acceptors (Lipinski definition) is 5. The fourth-order valence-corrected chi connectivity index (χ4v) is 2.85. The zero-order valence-electron chi connectivity index (χ0n) is 14.3. The standard InChI is InChI=1S/C20H22N2O3/c1-24-20-7-6-16(10-18(20)15-23)12-22(14-19-5-3-9-25-19)13-17-4-2-8-21-11-17/h2-11,23H,12-15H2,1H3. The van der Waals surface area contributed by atoms with E-state index < -0.39 is 0 Å². The highest BCUT2D eigenvalue weighted by molar-refractivity contribution is 5.36. The van der Waals surface area contributed by atoms with E-state index in [4.69, 9.17) is 9.15 Å². The largest absolute Gasteiger partial charge is 0.496 e. The van der Waals surface area contributed by atoms with Gasteiger partial charge in [0.2, 0.25) is 0 Å². The first-order chi connectivity index (χ1) is 12.3. The van der Waals surface area contributed by atoms with Gasteiger partial charge in [-0.3, -0.25) is 9.88 Å². The predicted molar refractivity (Wildman–Crippen MR) is 94.8 cm³/mol. The highest BCUT2D eigenvalue weighted by atomic mass is 16.5. The topological polar surface area (TPSA) is 58.7 Å². The lowest BCUT2D eigenvalue weighted by Gasteiger charge is -2.22. The van der Waals surface area contributed by atoms with Crippen molar-refractivity contribution in [1.82, 2.24) is 9.88 Å². The molecule has 0 saturated heterocycles. The number of nitrogens with zero attached hydrogens (tertiary/aromatic N) is 2. The van der Waals surface area contributed by atoms with E-state index in [1.807, 2.05) is 42.6 Å². The molecule has 1 aromatic carbocycles. The maximum atomic E-state index is 9.53. The molecular weight excluding hydrogens is 316 g/mol. The molecule has 0 fully saturated rings. The van der Waals surface area contributed by atoms with Crippen LogP contribution < -0.4 is 4.74 Å². The quantitative estimate of drug-likeness (QED) is 0.682. The molecule has 0 atom stereocenters. The van der Waals surface area contributed by atoms with Gasteiger partial charge in [-0.25, -0.2) is 0 Å². The molecule has 0 bridgehead atoms. The smallest absolute Gasteiger partial charge is 0.124 e. The number of hydrogen-bond donors (Lipinski definition) is 1. The van der Waals surface area contributed by atoms with Gasteiger partial charge in [-0.05, 0) is 41.5 Å². The van der Waals surface area contributed by atoms with Gasteiger partial charge in [-0.2, -0.15) is 0 Å². The number of furan rings is 1. The minimum Gasteiger partial charge on any atom is -0.496 e. The first kappa shape index (κ1) is 17.2. The second kappa shape index (κ2) is 8.46. The molecule has 25 heavy (non-hydrogen) atoms. The van der Waals surface area contributed by atoms with Crippen molar-refractivity contribution >= 4 is 0 Å². The summed E-state index contributed by atoms with van der Waals surface area (Å²) in [4.78, 5) is 6.47. The van der Waals surface area contributed by atoms with Gasteiger partial charge in [0.25, 0.3) is 0 Å². The number of aliphatic hydroxyl groups is 1. The Morgan fingerprint density at radius 3 is 2.64 bits per heavy atom. The van der Waals surface area contributed by atoms with E-state index >= 15 is 0 Å². The Bertz CT molecular complexity index is 773. The number of pyridine rings is 1. The van der Waals surface area contributed by atoms with E-state index in [0.29, 0.717) is 12.3 Å². The number of aliphatic hydroxyl groups excluding tert-OH is 1. The summed E-state index contributed by atoms with van der Waals surface area (Å²) in [6.45, 7) is 2.14. The van der Waals surface area contributed by atoms with E-state index in [9.17, 15) is 5.11 Å². The van der Waals surface area contributed by atoms with Crippen LogP contribution in [-0.2, 0) is 26.2 Å². The van der Waals surface area contributed by atoms with Crippen LogP contribution in [0.1, 0.15) is 22.5 Å². The van der Waals surface area contributed by atoms with Crippen LogP contribution in [0.4, 0.5) is 0 Å². The van der Waals surface area contributed by atoms with E-state index in [2.05, 4.69) is 16.0 Å². The van der Waals surface area contributed by atoms with Crippen molar-refractivity contribution < 1.29 is 14.3 Å². The summed E-state index contributed by atoms with van der Waals surface area (Å²) >= 11 is 0. The Hall–Kier alpha value is -2.63. The first-order valence-corrected chi connectivity index (χ1v) is 8.19. The molecule has 5 heteroatoms. The summed E-state index contributed by atoms with van der Waals surface area (Å²) in [6, 6.07) is 13.8. The van der Waals surface area contributed by atoms with Crippen molar-refractivity contribution in [3.63, 3.8) is 0 Å². The van der Waals surface area contributed by atoms with E-state index in [0.717, 1.165) is 35.5 Å². The SMILES string of the molecule is COc1ccc(CN(Cc2cccnc2)Cc2ccco2)cc1CO. The fourth-order valence-electron chi connectivity index (χ4n) is 2.85. The zero-order valence-corrected chi connectivity index (χ0v) is 14.3. The molecule has 1 N–H and O–H groups in total. The summed E-state index contributed by atoms with van der Waals surface area (Å²) in [7, 11) is 1.61. The summed E-state index contributed by atoms with van der Waals surface area (Å²) in [5.74, 6) is 1.62. The summed E-state index contributed by atoms with van der Waals surface area (Å²) < 4.78 is 10.8. The molecule has 2 heterocycles.